The van der Waals surface area contributed by atoms with Gasteiger partial charge in [-0.1, -0.05) is 11.8 Å². The highest BCUT2D eigenvalue weighted by atomic mass is 32.2. The number of aliphatic imine (C=N–C) groups is 1. The summed E-state index contributed by atoms with van der Waals surface area (Å²) in [5.74, 6) is 0.353. The molecule has 0 fully saturated rings. The van der Waals surface area contributed by atoms with E-state index in [9.17, 15) is 8.42 Å². The van der Waals surface area contributed by atoms with Crippen LogP contribution in [0.5, 0.6) is 5.75 Å². The number of ether oxygens (including phenoxy) is 1. The first-order valence-corrected chi connectivity index (χ1v) is 9.46. The monoisotopic (exact) mass is 378 g/mol. The Morgan fingerprint density at radius 3 is 2.44 bits per heavy atom. The van der Waals surface area contributed by atoms with Gasteiger partial charge in [0.25, 0.3) is 10.0 Å². The van der Waals surface area contributed by atoms with Crippen LogP contribution in [0.3, 0.4) is 0 Å². The standard InChI is InChI=1S/C14H14N6O3S2/c1-23-11-7-16-13(17-8-11)20-25(21,22)12-5-3-10(4-6-12)19-14(24-2)18-9-15/h3-8H,1-2H3,(H,18,19)(H,16,17,20). The highest BCUT2D eigenvalue weighted by Gasteiger charge is 2.15. The van der Waals surface area contributed by atoms with Gasteiger partial charge in [0.05, 0.1) is 30.1 Å². The van der Waals surface area contributed by atoms with Crippen molar-refractivity contribution in [3.05, 3.63) is 36.7 Å². The van der Waals surface area contributed by atoms with Crippen molar-refractivity contribution in [1.29, 1.82) is 5.26 Å². The summed E-state index contributed by atoms with van der Waals surface area (Å²) >= 11 is 1.26. The minimum atomic E-state index is -3.83. The van der Waals surface area contributed by atoms with Crippen LogP contribution in [0, 0.1) is 11.5 Å². The zero-order valence-corrected chi connectivity index (χ0v) is 14.9. The lowest BCUT2D eigenvalue weighted by Gasteiger charge is -2.07. The molecule has 0 aliphatic rings. The first-order chi connectivity index (χ1) is 12.0. The average Bonchev–Trinajstić information content (AvgIpc) is 2.62. The Morgan fingerprint density at radius 1 is 1.28 bits per heavy atom. The third-order valence-corrected chi connectivity index (χ3v) is 4.75. The van der Waals surface area contributed by atoms with Crippen molar-refractivity contribution in [1.82, 2.24) is 15.3 Å². The number of nitriles is 1. The lowest BCUT2D eigenvalue weighted by molar-refractivity contribution is 0.411. The predicted molar refractivity (Wildman–Crippen MR) is 95.2 cm³/mol. The minimum absolute atomic E-state index is 0.0322. The van der Waals surface area contributed by atoms with Crippen LogP contribution < -0.4 is 14.8 Å². The SMILES string of the molecule is COc1cnc(NS(=O)(=O)c2ccc(N=C(NC#N)SC)cc2)nc1. The van der Waals surface area contributed by atoms with Gasteiger partial charge in [-0.25, -0.2) is 28.1 Å². The van der Waals surface area contributed by atoms with E-state index in [-0.39, 0.29) is 10.8 Å². The van der Waals surface area contributed by atoms with Crippen LogP contribution in [0.25, 0.3) is 0 Å². The fourth-order valence-corrected chi connectivity index (χ4v) is 2.95. The quantitative estimate of drug-likeness (QED) is 0.348. The van der Waals surface area contributed by atoms with Gasteiger partial charge in [-0.15, -0.1) is 0 Å². The molecule has 2 N–H and O–H groups in total. The second-order valence-electron chi connectivity index (χ2n) is 4.40. The van der Waals surface area contributed by atoms with E-state index in [4.69, 9.17) is 10.00 Å². The van der Waals surface area contributed by atoms with E-state index in [0.717, 1.165) is 0 Å². The molecule has 11 heteroatoms. The molecule has 0 aliphatic carbocycles. The molecule has 0 saturated heterocycles. The van der Waals surface area contributed by atoms with Crippen LogP contribution in [0.15, 0.2) is 46.5 Å². The summed E-state index contributed by atoms with van der Waals surface area (Å²) in [6.07, 6.45) is 6.26. The third-order valence-electron chi connectivity index (χ3n) is 2.82. The third kappa shape index (κ3) is 5.07. The van der Waals surface area contributed by atoms with Crippen LogP contribution in [0.1, 0.15) is 0 Å². The Morgan fingerprint density at radius 2 is 1.92 bits per heavy atom. The largest absolute Gasteiger partial charge is 0.494 e. The Balaban J connectivity index is 2.18. The number of amidine groups is 1. The fraction of sp³-hybridized carbons (Fsp3) is 0.143. The summed E-state index contributed by atoms with van der Waals surface area (Å²) in [6, 6.07) is 5.85. The smallest absolute Gasteiger partial charge is 0.264 e. The van der Waals surface area contributed by atoms with E-state index in [2.05, 4.69) is 25.0 Å². The molecule has 1 heterocycles. The number of nitrogens with zero attached hydrogens (tertiary/aromatic N) is 4. The molecule has 9 nitrogen and oxygen atoms in total. The molecule has 2 rings (SSSR count). The van der Waals surface area contributed by atoms with Crippen LogP contribution in [0.2, 0.25) is 0 Å². The van der Waals surface area contributed by atoms with Crippen molar-refractivity contribution < 1.29 is 13.2 Å². The van der Waals surface area contributed by atoms with Crippen molar-refractivity contribution in [3.8, 4) is 11.9 Å². The van der Waals surface area contributed by atoms with Gasteiger partial charge in [0.1, 0.15) is 0 Å². The van der Waals surface area contributed by atoms with Crippen molar-refractivity contribution in [3.63, 3.8) is 0 Å². The molecule has 1 aromatic heterocycles. The maximum Gasteiger partial charge on any atom is 0.264 e. The normalized spacial score (nSPS) is 11.5. The highest BCUT2D eigenvalue weighted by molar-refractivity contribution is 8.13. The molecule has 130 valence electrons. The van der Waals surface area contributed by atoms with E-state index in [1.807, 2.05) is 0 Å². The Bertz CT molecular complexity index is 890. The van der Waals surface area contributed by atoms with E-state index < -0.39 is 10.0 Å². The molecule has 0 amide bonds. The topological polar surface area (TPSA) is 129 Å². The number of sulfonamides is 1. The van der Waals surface area contributed by atoms with E-state index in [1.54, 1.807) is 12.4 Å². The first kappa shape index (κ1) is 18.5. The molecule has 0 saturated carbocycles. The lowest BCUT2D eigenvalue weighted by atomic mass is 10.3. The highest BCUT2D eigenvalue weighted by Crippen LogP contribution is 2.19. The van der Waals surface area contributed by atoms with Crippen molar-refractivity contribution in [2.24, 2.45) is 4.99 Å². The van der Waals surface area contributed by atoms with Gasteiger partial charge in [0.2, 0.25) is 5.95 Å². The zero-order chi connectivity index (χ0) is 18.3. The summed E-state index contributed by atoms with van der Waals surface area (Å²) in [5, 5.41) is 11.4. The number of rotatable bonds is 5. The molecular weight excluding hydrogens is 364 g/mol. The molecule has 0 aliphatic heterocycles. The molecule has 0 unspecified atom stereocenters. The van der Waals surface area contributed by atoms with Crippen LogP contribution >= 0.6 is 11.8 Å². The number of thioether (sulfide) groups is 1. The van der Waals surface area contributed by atoms with Gasteiger partial charge >= 0.3 is 0 Å². The summed E-state index contributed by atoms with van der Waals surface area (Å²) in [6.45, 7) is 0. The van der Waals surface area contributed by atoms with E-state index in [1.165, 1.54) is 55.5 Å². The predicted octanol–water partition coefficient (Wildman–Crippen LogP) is 1.71. The molecule has 0 bridgehead atoms. The second kappa shape index (κ2) is 8.32. The van der Waals surface area contributed by atoms with Crippen molar-refractivity contribution in [2.45, 2.75) is 4.90 Å². The van der Waals surface area contributed by atoms with Gasteiger partial charge in [0, 0.05) is 0 Å². The molecule has 2 aromatic rings. The second-order valence-corrected chi connectivity index (χ2v) is 6.88. The summed E-state index contributed by atoms with van der Waals surface area (Å²) < 4.78 is 31.9. The maximum absolute atomic E-state index is 12.3. The van der Waals surface area contributed by atoms with Gasteiger partial charge in [-0.3, -0.25) is 5.32 Å². The number of nitrogens with one attached hydrogen (secondary N) is 2. The Kier molecular flexibility index (Phi) is 6.15. The zero-order valence-electron chi connectivity index (χ0n) is 13.3. The molecule has 25 heavy (non-hydrogen) atoms. The van der Waals surface area contributed by atoms with E-state index in [0.29, 0.717) is 16.6 Å². The number of methoxy groups -OCH3 is 1. The fourth-order valence-electron chi connectivity index (χ4n) is 1.64. The molecular formula is C14H14N6O3S2. The summed E-state index contributed by atoms with van der Waals surface area (Å²) in [5.41, 5.74) is 0.506. The summed E-state index contributed by atoms with van der Waals surface area (Å²) in [4.78, 5) is 11.9. The van der Waals surface area contributed by atoms with Crippen LogP contribution in [-0.2, 0) is 10.0 Å². The molecule has 0 atom stereocenters. The number of hydrogen-bond donors (Lipinski definition) is 2. The number of anilines is 1. The van der Waals surface area contributed by atoms with Gasteiger partial charge in [-0.05, 0) is 30.5 Å². The average molecular weight is 378 g/mol. The lowest BCUT2D eigenvalue weighted by Crippen LogP contribution is -2.15. The van der Waals surface area contributed by atoms with Gasteiger partial charge in [0.15, 0.2) is 17.1 Å². The van der Waals surface area contributed by atoms with Crippen LogP contribution in [0.4, 0.5) is 11.6 Å². The number of hydrogen-bond acceptors (Lipinski definition) is 8. The molecule has 0 radical (unpaired) electrons. The number of benzene rings is 1. The molecule has 0 spiro atoms. The Labute approximate surface area is 149 Å². The van der Waals surface area contributed by atoms with Gasteiger partial charge in [-0.2, -0.15) is 5.26 Å². The van der Waals surface area contributed by atoms with Crippen molar-refractivity contribution in [2.75, 3.05) is 18.1 Å². The number of aromatic nitrogens is 2. The molecule has 1 aromatic carbocycles. The van der Waals surface area contributed by atoms with E-state index >= 15 is 0 Å². The minimum Gasteiger partial charge on any atom is -0.494 e. The summed E-state index contributed by atoms with van der Waals surface area (Å²) in [7, 11) is -2.37. The van der Waals surface area contributed by atoms with Gasteiger partial charge < -0.3 is 4.74 Å². The maximum atomic E-state index is 12.3. The van der Waals surface area contributed by atoms with Crippen molar-refractivity contribution >= 4 is 38.6 Å². The first-order valence-electron chi connectivity index (χ1n) is 6.75. The van der Waals surface area contributed by atoms with Crippen LogP contribution in [-0.4, -0.2) is 36.9 Å². The Hall–Kier alpha value is -2.84.